The molecule has 0 spiro atoms. The van der Waals surface area contributed by atoms with Gasteiger partial charge in [0, 0.05) is 19.1 Å². The molecule has 1 aromatic rings. The SMILES string of the molecule is CC(C)OCCN1CCCNCC1Cc1ccccc1. The van der Waals surface area contributed by atoms with Crippen LogP contribution in [0.3, 0.4) is 0 Å². The molecule has 3 heteroatoms. The van der Waals surface area contributed by atoms with Crippen molar-refractivity contribution in [3.8, 4) is 0 Å². The Balaban J connectivity index is 1.90. The molecule has 0 bridgehead atoms. The Kier molecular flexibility index (Phi) is 6.51. The smallest absolute Gasteiger partial charge is 0.0597 e. The average Bonchev–Trinajstić information content (AvgIpc) is 2.65. The van der Waals surface area contributed by atoms with Crippen molar-refractivity contribution >= 4 is 0 Å². The summed E-state index contributed by atoms with van der Waals surface area (Å²) < 4.78 is 5.72. The summed E-state index contributed by atoms with van der Waals surface area (Å²) in [6, 6.07) is 11.4. The molecule has 1 atom stereocenters. The van der Waals surface area contributed by atoms with Gasteiger partial charge < -0.3 is 10.1 Å². The molecule has 0 radical (unpaired) electrons. The summed E-state index contributed by atoms with van der Waals surface area (Å²) in [6.07, 6.45) is 2.68. The predicted octanol–water partition coefficient (Wildman–Crippen LogP) is 2.32. The van der Waals surface area contributed by atoms with Gasteiger partial charge in [0.2, 0.25) is 0 Å². The van der Waals surface area contributed by atoms with Gasteiger partial charge >= 0.3 is 0 Å². The van der Waals surface area contributed by atoms with Crippen LogP contribution in [0.15, 0.2) is 30.3 Å². The number of nitrogens with one attached hydrogen (secondary N) is 1. The van der Waals surface area contributed by atoms with Crippen LogP contribution in [-0.2, 0) is 11.2 Å². The number of ether oxygens (including phenoxy) is 1. The molecule has 1 unspecified atom stereocenters. The molecule has 0 aromatic heterocycles. The van der Waals surface area contributed by atoms with Crippen molar-refractivity contribution in [2.75, 3.05) is 32.8 Å². The Hall–Kier alpha value is -0.900. The van der Waals surface area contributed by atoms with Crippen LogP contribution in [0.1, 0.15) is 25.8 Å². The van der Waals surface area contributed by atoms with E-state index in [1.807, 2.05) is 0 Å². The first kappa shape index (κ1) is 15.5. The van der Waals surface area contributed by atoms with E-state index in [-0.39, 0.29) is 0 Å². The Morgan fingerprint density at radius 2 is 2.10 bits per heavy atom. The lowest BCUT2D eigenvalue weighted by Crippen LogP contribution is -2.43. The first-order valence-electron chi connectivity index (χ1n) is 7.86. The van der Waals surface area contributed by atoms with E-state index >= 15 is 0 Å². The highest BCUT2D eigenvalue weighted by molar-refractivity contribution is 5.16. The van der Waals surface area contributed by atoms with Crippen LogP contribution in [0, 0.1) is 0 Å². The van der Waals surface area contributed by atoms with Crippen LogP contribution >= 0.6 is 0 Å². The second-order valence-corrected chi connectivity index (χ2v) is 5.86. The van der Waals surface area contributed by atoms with Gasteiger partial charge in [-0.3, -0.25) is 4.90 Å². The summed E-state index contributed by atoms with van der Waals surface area (Å²) in [4.78, 5) is 2.59. The van der Waals surface area contributed by atoms with E-state index in [1.54, 1.807) is 0 Å². The first-order valence-corrected chi connectivity index (χ1v) is 7.86. The molecule has 1 aromatic carbocycles. The molecule has 3 nitrogen and oxygen atoms in total. The van der Waals surface area contributed by atoms with Gasteiger partial charge in [0.05, 0.1) is 12.7 Å². The van der Waals surface area contributed by atoms with Gasteiger partial charge in [-0.05, 0) is 45.3 Å². The third-order valence-electron chi connectivity index (χ3n) is 3.84. The summed E-state index contributed by atoms with van der Waals surface area (Å²) >= 11 is 0. The molecule has 0 saturated carbocycles. The number of hydrogen-bond donors (Lipinski definition) is 1. The van der Waals surface area contributed by atoms with Crippen molar-refractivity contribution in [3.63, 3.8) is 0 Å². The van der Waals surface area contributed by atoms with Crippen molar-refractivity contribution < 1.29 is 4.74 Å². The Bertz CT molecular complexity index is 367. The predicted molar refractivity (Wildman–Crippen MR) is 84.1 cm³/mol. The van der Waals surface area contributed by atoms with Crippen LogP contribution in [0.25, 0.3) is 0 Å². The minimum Gasteiger partial charge on any atom is -0.377 e. The van der Waals surface area contributed by atoms with E-state index < -0.39 is 0 Å². The second kappa shape index (κ2) is 8.40. The quantitative estimate of drug-likeness (QED) is 0.863. The summed E-state index contributed by atoms with van der Waals surface area (Å²) in [5.74, 6) is 0. The Morgan fingerprint density at radius 3 is 2.85 bits per heavy atom. The zero-order chi connectivity index (χ0) is 14.2. The topological polar surface area (TPSA) is 24.5 Å². The van der Waals surface area contributed by atoms with Crippen LogP contribution in [0.4, 0.5) is 0 Å². The van der Waals surface area contributed by atoms with Gasteiger partial charge in [-0.25, -0.2) is 0 Å². The van der Waals surface area contributed by atoms with Crippen LogP contribution in [0.2, 0.25) is 0 Å². The summed E-state index contributed by atoms with van der Waals surface area (Å²) in [5.41, 5.74) is 1.43. The zero-order valence-electron chi connectivity index (χ0n) is 12.8. The van der Waals surface area contributed by atoms with Crippen molar-refractivity contribution in [1.82, 2.24) is 10.2 Å². The maximum atomic E-state index is 5.72. The third kappa shape index (κ3) is 5.23. The van der Waals surface area contributed by atoms with E-state index in [2.05, 4.69) is 54.4 Å². The molecule has 0 aliphatic carbocycles. The molecule has 1 aliphatic heterocycles. The van der Waals surface area contributed by atoms with Crippen molar-refractivity contribution in [2.24, 2.45) is 0 Å². The Morgan fingerprint density at radius 1 is 1.30 bits per heavy atom. The molecule has 112 valence electrons. The van der Waals surface area contributed by atoms with Gasteiger partial charge in [0.15, 0.2) is 0 Å². The maximum Gasteiger partial charge on any atom is 0.0597 e. The standard InChI is InChI=1S/C17H28N2O/c1-15(2)20-12-11-19-10-6-9-18-14-17(19)13-16-7-4-3-5-8-16/h3-5,7-8,15,17-18H,6,9-14H2,1-2H3. The second-order valence-electron chi connectivity index (χ2n) is 5.86. The summed E-state index contributed by atoms with van der Waals surface area (Å²) in [7, 11) is 0. The highest BCUT2D eigenvalue weighted by Crippen LogP contribution is 2.11. The molecular formula is C17H28N2O. The minimum atomic E-state index is 0.327. The number of rotatable bonds is 6. The lowest BCUT2D eigenvalue weighted by atomic mass is 10.0. The Labute approximate surface area is 123 Å². The maximum absolute atomic E-state index is 5.72. The molecule has 1 N–H and O–H groups in total. The highest BCUT2D eigenvalue weighted by atomic mass is 16.5. The van der Waals surface area contributed by atoms with Gasteiger partial charge in [-0.1, -0.05) is 30.3 Å². The molecule has 1 heterocycles. The molecular weight excluding hydrogens is 248 g/mol. The van der Waals surface area contributed by atoms with E-state index in [0.29, 0.717) is 12.1 Å². The minimum absolute atomic E-state index is 0.327. The number of hydrogen-bond acceptors (Lipinski definition) is 3. The van der Waals surface area contributed by atoms with Crippen LogP contribution in [-0.4, -0.2) is 49.8 Å². The normalized spacial score (nSPS) is 21.1. The first-order chi connectivity index (χ1) is 9.75. The number of nitrogens with zero attached hydrogens (tertiary/aromatic N) is 1. The van der Waals surface area contributed by atoms with Crippen LogP contribution in [0.5, 0.6) is 0 Å². The van der Waals surface area contributed by atoms with E-state index in [4.69, 9.17) is 4.74 Å². The molecule has 2 rings (SSSR count). The van der Waals surface area contributed by atoms with Gasteiger partial charge in [-0.15, -0.1) is 0 Å². The molecule has 1 saturated heterocycles. The zero-order valence-corrected chi connectivity index (χ0v) is 12.8. The summed E-state index contributed by atoms with van der Waals surface area (Å²) in [5, 5.41) is 3.56. The molecule has 0 amide bonds. The summed E-state index contributed by atoms with van der Waals surface area (Å²) in [6.45, 7) is 9.46. The van der Waals surface area contributed by atoms with Crippen LogP contribution < -0.4 is 5.32 Å². The third-order valence-corrected chi connectivity index (χ3v) is 3.84. The van der Waals surface area contributed by atoms with Crippen molar-refractivity contribution in [3.05, 3.63) is 35.9 Å². The fourth-order valence-corrected chi connectivity index (χ4v) is 2.77. The van der Waals surface area contributed by atoms with E-state index in [1.165, 1.54) is 18.5 Å². The largest absolute Gasteiger partial charge is 0.377 e. The fourth-order valence-electron chi connectivity index (χ4n) is 2.77. The van der Waals surface area contributed by atoms with Crippen molar-refractivity contribution in [1.29, 1.82) is 0 Å². The lowest BCUT2D eigenvalue weighted by molar-refractivity contribution is 0.0506. The van der Waals surface area contributed by atoms with Crippen molar-refractivity contribution in [2.45, 2.75) is 38.8 Å². The van der Waals surface area contributed by atoms with Gasteiger partial charge in [-0.2, -0.15) is 0 Å². The van der Waals surface area contributed by atoms with Gasteiger partial charge in [0.25, 0.3) is 0 Å². The van der Waals surface area contributed by atoms with E-state index in [9.17, 15) is 0 Å². The molecule has 1 aliphatic rings. The molecule has 20 heavy (non-hydrogen) atoms. The fraction of sp³-hybridized carbons (Fsp3) is 0.647. The number of benzene rings is 1. The average molecular weight is 276 g/mol. The van der Waals surface area contributed by atoms with E-state index in [0.717, 1.165) is 32.7 Å². The molecule has 1 fully saturated rings. The monoisotopic (exact) mass is 276 g/mol. The lowest BCUT2D eigenvalue weighted by Gasteiger charge is -2.30. The van der Waals surface area contributed by atoms with Gasteiger partial charge in [0.1, 0.15) is 0 Å². The highest BCUT2D eigenvalue weighted by Gasteiger charge is 2.20.